The van der Waals surface area contributed by atoms with E-state index >= 15 is 0 Å². The highest BCUT2D eigenvalue weighted by molar-refractivity contribution is 7.19. The van der Waals surface area contributed by atoms with Gasteiger partial charge in [0.2, 0.25) is 0 Å². The molecule has 1 heterocycles. The first kappa shape index (κ1) is 28.3. The molecule has 2 aliphatic rings. The number of hydrogen-bond acceptors (Lipinski definition) is 3. The van der Waals surface area contributed by atoms with Gasteiger partial charge in [0.25, 0.3) is 0 Å². The van der Waals surface area contributed by atoms with Gasteiger partial charge in [-0.3, -0.25) is 0 Å². The second kappa shape index (κ2) is 10.6. The van der Waals surface area contributed by atoms with Gasteiger partial charge >= 0.3 is 0 Å². The average molecular weight is 645 g/mol. The minimum absolute atomic E-state index is 0.106. The van der Waals surface area contributed by atoms with Crippen LogP contribution >= 0.6 is 11.3 Å². The third-order valence-electron chi connectivity index (χ3n) is 10.5. The van der Waals surface area contributed by atoms with Crippen molar-refractivity contribution in [1.29, 1.82) is 0 Å². The molecule has 0 amide bonds. The van der Waals surface area contributed by atoms with Crippen LogP contribution in [0.3, 0.4) is 0 Å². The monoisotopic (exact) mass is 644 g/mol. The summed E-state index contributed by atoms with van der Waals surface area (Å²) in [4.78, 5) is 8.97. The second-order valence-corrected chi connectivity index (χ2v) is 14.5. The predicted octanol–water partition coefficient (Wildman–Crippen LogP) is 13.1. The number of nitrogens with zero attached hydrogens (tertiary/aromatic N) is 2. The van der Waals surface area contributed by atoms with Crippen LogP contribution in [0.4, 0.5) is 17.1 Å². The molecule has 1 aromatic heterocycles. The number of hydrogen-bond donors (Lipinski definition) is 0. The van der Waals surface area contributed by atoms with E-state index in [9.17, 15) is 0 Å². The highest BCUT2D eigenvalue weighted by Crippen LogP contribution is 2.55. The van der Waals surface area contributed by atoms with Crippen LogP contribution in [0.25, 0.3) is 65.3 Å². The van der Waals surface area contributed by atoms with Crippen molar-refractivity contribution in [2.75, 3.05) is 4.90 Å². The number of rotatable bonds is 5. The van der Waals surface area contributed by atoms with E-state index in [1.54, 1.807) is 11.3 Å². The summed E-state index contributed by atoms with van der Waals surface area (Å²) in [6.07, 6.45) is 0. The lowest BCUT2D eigenvalue weighted by Gasteiger charge is -2.31. The molecule has 0 saturated heterocycles. The van der Waals surface area contributed by atoms with E-state index < -0.39 is 0 Å². The van der Waals surface area contributed by atoms with Gasteiger partial charge in [-0.25, -0.2) is 4.98 Å². The normalized spacial score (nSPS) is 13.3. The smallest absolute Gasteiger partial charge is 0.124 e. The number of anilines is 3. The van der Waals surface area contributed by atoms with Crippen molar-refractivity contribution in [3.05, 3.63) is 169 Å². The molecule has 0 saturated carbocycles. The second-order valence-electron chi connectivity index (χ2n) is 13.5. The molecule has 232 valence electrons. The third-order valence-corrected chi connectivity index (χ3v) is 11.6. The maximum absolute atomic E-state index is 5.23. The van der Waals surface area contributed by atoms with Gasteiger partial charge in [-0.15, -0.1) is 11.3 Å². The van der Waals surface area contributed by atoms with Gasteiger partial charge < -0.3 is 4.90 Å². The quantitative estimate of drug-likeness (QED) is 0.185. The summed E-state index contributed by atoms with van der Waals surface area (Å²) in [7, 11) is 0. The Kier molecular flexibility index (Phi) is 6.12. The van der Waals surface area contributed by atoms with Gasteiger partial charge in [0, 0.05) is 44.1 Å². The predicted molar refractivity (Wildman–Crippen MR) is 207 cm³/mol. The standard InChI is InChI=1S/C46H32N2S/c1-46(2)38-22-11-9-19-33(38)34-25-24-31(28-39(34)46)48(40-23-12-10-18-32(40)29-14-5-3-6-15-29)41-27-26-37-42-35(41)20-13-21-36(42)43-44(37)49-45(47-43)30-16-7-4-8-17-30/h3-28H,1-2H3. The molecular formula is C46H32N2S. The zero-order valence-electron chi connectivity index (χ0n) is 27.3. The maximum atomic E-state index is 5.23. The molecule has 0 spiro atoms. The Labute approximate surface area is 290 Å². The first-order valence-electron chi connectivity index (χ1n) is 16.9. The molecule has 3 heteroatoms. The number of fused-ring (bicyclic) bond motifs is 6. The minimum Gasteiger partial charge on any atom is -0.309 e. The fraction of sp³-hybridized carbons (Fsp3) is 0.0652. The Morgan fingerprint density at radius 2 is 1.16 bits per heavy atom. The molecule has 10 rings (SSSR count). The summed E-state index contributed by atoms with van der Waals surface area (Å²) in [5.74, 6) is 0. The number of thiazole rings is 1. The highest BCUT2D eigenvalue weighted by atomic mass is 32.1. The molecule has 0 unspecified atom stereocenters. The van der Waals surface area contributed by atoms with Crippen LogP contribution in [-0.4, -0.2) is 4.98 Å². The Bertz CT molecular complexity index is 2550. The van der Waals surface area contributed by atoms with Crippen molar-refractivity contribution in [2.45, 2.75) is 19.3 Å². The molecule has 8 aromatic rings. The Hall–Kier alpha value is -5.77. The zero-order valence-corrected chi connectivity index (χ0v) is 28.1. The van der Waals surface area contributed by atoms with Gasteiger partial charge in [-0.1, -0.05) is 147 Å². The first-order chi connectivity index (χ1) is 24.1. The highest BCUT2D eigenvalue weighted by Gasteiger charge is 2.36. The summed E-state index contributed by atoms with van der Waals surface area (Å²) < 4.78 is 0. The lowest BCUT2D eigenvalue weighted by atomic mass is 9.82. The maximum Gasteiger partial charge on any atom is 0.124 e. The van der Waals surface area contributed by atoms with Crippen LogP contribution in [0, 0.1) is 0 Å². The van der Waals surface area contributed by atoms with Crippen LogP contribution in [-0.2, 0) is 5.41 Å². The first-order valence-corrected chi connectivity index (χ1v) is 17.7. The van der Waals surface area contributed by atoms with E-state index in [1.807, 2.05) is 0 Å². The van der Waals surface area contributed by atoms with Gasteiger partial charge in [-0.05, 0) is 52.1 Å². The van der Waals surface area contributed by atoms with Gasteiger partial charge in [0.15, 0.2) is 0 Å². The molecule has 2 aliphatic carbocycles. The summed E-state index contributed by atoms with van der Waals surface area (Å²) in [5.41, 5.74) is 15.9. The topological polar surface area (TPSA) is 16.1 Å². The lowest BCUT2D eigenvalue weighted by molar-refractivity contribution is 0.660. The fourth-order valence-corrected chi connectivity index (χ4v) is 9.25. The minimum atomic E-state index is -0.106. The average Bonchev–Trinajstić information content (AvgIpc) is 3.79. The molecule has 7 aromatic carbocycles. The lowest BCUT2D eigenvalue weighted by Crippen LogP contribution is -2.17. The number of benzene rings is 7. The number of para-hydroxylation sites is 1. The van der Waals surface area contributed by atoms with Crippen molar-refractivity contribution < 1.29 is 0 Å². The van der Waals surface area contributed by atoms with Crippen molar-refractivity contribution in [2.24, 2.45) is 0 Å². The molecule has 0 radical (unpaired) electrons. The van der Waals surface area contributed by atoms with Crippen molar-refractivity contribution >= 4 is 39.2 Å². The molecule has 0 bridgehead atoms. The van der Waals surface area contributed by atoms with E-state index in [-0.39, 0.29) is 5.41 Å². The van der Waals surface area contributed by atoms with Crippen LogP contribution in [0.5, 0.6) is 0 Å². The van der Waals surface area contributed by atoms with Crippen LogP contribution < -0.4 is 4.90 Å². The summed E-state index contributed by atoms with van der Waals surface area (Å²) >= 11 is 1.79. The van der Waals surface area contributed by atoms with E-state index in [4.69, 9.17) is 4.98 Å². The summed E-state index contributed by atoms with van der Waals surface area (Å²) in [6.45, 7) is 4.72. The SMILES string of the molecule is CC1(C)c2ccccc2-c2ccc(N(c3ccccc3-c3ccccc3)c3ccc4c5c(cccc35)-c3nc(-c5ccccc5)sc3-4)cc21. The van der Waals surface area contributed by atoms with Crippen LogP contribution in [0.1, 0.15) is 25.0 Å². The molecule has 49 heavy (non-hydrogen) atoms. The Morgan fingerprint density at radius 3 is 1.98 bits per heavy atom. The Balaban J connectivity index is 1.21. The molecule has 0 atom stereocenters. The van der Waals surface area contributed by atoms with Crippen LogP contribution in [0.2, 0.25) is 0 Å². The largest absolute Gasteiger partial charge is 0.309 e. The fourth-order valence-electron chi connectivity index (χ4n) is 8.13. The van der Waals surface area contributed by atoms with Crippen molar-refractivity contribution in [3.8, 4) is 54.5 Å². The van der Waals surface area contributed by atoms with Crippen molar-refractivity contribution in [3.63, 3.8) is 0 Å². The molecular weight excluding hydrogens is 613 g/mol. The van der Waals surface area contributed by atoms with E-state index in [2.05, 4.69) is 176 Å². The zero-order chi connectivity index (χ0) is 32.7. The van der Waals surface area contributed by atoms with Gasteiger partial charge in [0.05, 0.1) is 21.9 Å². The third kappa shape index (κ3) is 4.16. The molecule has 0 N–H and O–H groups in total. The van der Waals surface area contributed by atoms with E-state index in [1.165, 1.54) is 60.2 Å². The number of aromatic nitrogens is 1. The van der Waals surface area contributed by atoms with Gasteiger partial charge in [0.1, 0.15) is 5.01 Å². The van der Waals surface area contributed by atoms with Crippen LogP contribution in [0.15, 0.2) is 158 Å². The van der Waals surface area contributed by atoms with Gasteiger partial charge in [-0.2, -0.15) is 0 Å². The molecule has 0 fully saturated rings. The van der Waals surface area contributed by atoms with E-state index in [0.29, 0.717) is 0 Å². The van der Waals surface area contributed by atoms with E-state index in [0.717, 1.165) is 33.3 Å². The van der Waals surface area contributed by atoms with Crippen molar-refractivity contribution in [1.82, 2.24) is 4.98 Å². The summed E-state index contributed by atoms with van der Waals surface area (Å²) in [6, 6.07) is 57.5. The summed E-state index contributed by atoms with van der Waals surface area (Å²) in [5, 5.41) is 3.58. The Morgan fingerprint density at radius 1 is 0.510 bits per heavy atom. The molecule has 0 aliphatic heterocycles. The molecule has 2 nitrogen and oxygen atoms in total.